The van der Waals surface area contributed by atoms with E-state index in [0.29, 0.717) is 0 Å². The molecule has 0 aromatic carbocycles. The Kier molecular flexibility index (Phi) is 8.03. The van der Waals surface area contributed by atoms with Crippen LogP contribution in [-0.2, 0) is 0 Å². The lowest BCUT2D eigenvalue weighted by Crippen LogP contribution is -2.13. The van der Waals surface area contributed by atoms with Gasteiger partial charge in [0.25, 0.3) is 0 Å². The molecule has 0 aliphatic carbocycles. The quantitative estimate of drug-likeness (QED) is 0.611. The standard InChI is InChI=1S/C16H31N/c1-8-14(9-2)12(5)13(6)16(17-7)15(10-3)11-4/h14,17H,8-11H2,1-7H3/b13-12-. The molecule has 0 aliphatic rings. The normalized spacial score (nSPS) is 12.5. The summed E-state index contributed by atoms with van der Waals surface area (Å²) in [4.78, 5) is 0. The van der Waals surface area contributed by atoms with E-state index in [1.165, 1.54) is 29.7 Å². The van der Waals surface area contributed by atoms with Crippen molar-refractivity contribution < 1.29 is 0 Å². The third-order valence-electron chi connectivity index (χ3n) is 4.02. The second kappa shape index (κ2) is 8.38. The Morgan fingerprint density at radius 1 is 0.941 bits per heavy atom. The fourth-order valence-corrected chi connectivity index (χ4v) is 2.64. The smallest absolute Gasteiger partial charge is 0.0358 e. The van der Waals surface area contributed by atoms with Crippen molar-refractivity contribution in [3.8, 4) is 0 Å². The molecule has 17 heavy (non-hydrogen) atoms. The molecule has 0 bridgehead atoms. The van der Waals surface area contributed by atoms with Gasteiger partial charge in [-0.15, -0.1) is 0 Å². The predicted molar refractivity (Wildman–Crippen MR) is 79.1 cm³/mol. The molecular formula is C16H31N. The molecule has 1 nitrogen and oxygen atoms in total. The largest absolute Gasteiger partial charge is 0.388 e. The van der Waals surface area contributed by atoms with E-state index in [1.54, 1.807) is 5.57 Å². The second-order valence-electron chi connectivity index (χ2n) is 4.76. The van der Waals surface area contributed by atoms with Crippen molar-refractivity contribution in [2.45, 2.75) is 67.2 Å². The molecule has 0 saturated carbocycles. The molecule has 0 heterocycles. The maximum Gasteiger partial charge on any atom is 0.0358 e. The summed E-state index contributed by atoms with van der Waals surface area (Å²) in [5.41, 5.74) is 5.92. The van der Waals surface area contributed by atoms with Crippen LogP contribution in [0.1, 0.15) is 67.2 Å². The van der Waals surface area contributed by atoms with Crippen LogP contribution in [0.5, 0.6) is 0 Å². The van der Waals surface area contributed by atoms with Crippen molar-refractivity contribution in [1.29, 1.82) is 0 Å². The van der Waals surface area contributed by atoms with Crippen LogP contribution < -0.4 is 5.32 Å². The van der Waals surface area contributed by atoms with Crippen molar-refractivity contribution in [1.82, 2.24) is 5.32 Å². The Morgan fingerprint density at radius 3 is 1.71 bits per heavy atom. The molecule has 1 heteroatoms. The van der Waals surface area contributed by atoms with Gasteiger partial charge >= 0.3 is 0 Å². The topological polar surface area (TPSA) is 12.0 Å². The maximum atomic E-state index is 3.41. The molecule has 0 amide bonds. The van der Waals surface area contributed by atoms with Crippen molar-refractivity contribution in [2.75, 3.05) is 7.05 Å². The Bertz CT molecular complexity index is 274. The van der Waals surface area contributed by atoms with Gasteiger partial charge in [-0.3, -0.25) is 0 Å². The highest BCUT2D eigenvalue weighted by Crippen LogP contribution is 2.27. The minimum atomic E-state index is 0.730. The lowest BCUT2D eigenvalue weighted by molar-refractivity contribution is 0.566. The first kappa shape index (κ1) is 16.3. The number of hydrogen-bond acceptors (Lipinski definition) is 1. The van der Waals surface area contributed by atoms with E-state index in [2.05, 4.69) is 46.9 Å². The minimum absolute atomic E-state index is 0.730. The lowest BCUT2D eigenvalue weighted by atomic mass is 9.89. The Labute approximate surface area is 108 Å². The summed E-state index contributed by atoms with van der Waals surface area (Å²) in [6.07, 6.45) is 4.76. The molecule has 1 N–H and O–H groups in total. The molecule has 0 radical (unpaired) electrons. The van der Waals surface area contributed by atoms with E-state index in [1.807, 2.05) is 7.05 Å². The van der Waals surface area contributed by atoms with Crippen LogP contribution in [0.25, 0.3) is 0 Å². The van der Waals surface area contributed by atoms with E-state index >= 15 is 0 Å². The average Bonchev–Trinajstić information content (AvgIpc) is 2.36. The van der Waals surface area contributed by atoms with Gasteiger partial charge in [0.15, 0.2) is 0 Å². The third kappa shape index (κ3) is 4.22. The van der Waals surface area contributed by atoms with Gasteiger partial charge in [-0.05, 0) is 56.6 Å². The zero-order valence-electron chi connectivity index (χ0n) is 12.9. The van der Waals surface area contributed by atoms with Crippen LogP contribution in [0.3, 0.4) is 0 Å². The summed E-state index contributed by atoms with van der Waals surface area (Å²) in [6, 6.07) is 0. The maximum absolute atomic E-state index is 3.41. The predicted octanol–water partition coefficient (Wildman–Crippen LogP) is 5.05. The summed E-state index contributed by atoms with van der Waals surface area (Å²) in [6.45, 7) is 13.6. The third-order valence-corrected chi connectivity index (χ3v) is 4.02. The minimum Gasteiger partial charge on any atom is -0.388 e. The zero-order valence-corrected chi connectivity index (χ0v) is 12.9. The van der Waals surface area contributed by atoms with Gasteiger partial charge in [0.1, 0.15) is 0 Å². The molecule has 0 atom stereocenters. The Balaban J connectivity index is 5.41. The summed E-state index contributed by atoms with van der Waals surface area (Å²) >= 11 is 0. The monoisotopic (exact) mass is 237 g/mol. The van der Waals surface area contributed by atoms with Crippen LogP contribution in [0.15, 0.2) is 22.4 Å². The summed E-state index contributed by atoms with van der Waals surface area (Å²) in [5, 5.41) is 3.41. The molecule has 100 valence electrons. The van der Waals surface area contributed by atoms with Gasteiger partial charge < -0.3 is 5.32 Å². The molecule has 0 fully saturated rings. The van der Waals surface area contributed by atoms with Gasteiger partial charge in [-0.25, -0.2) is 0 Å². The second-order valence-corrected chi connectivity index (χ2v) is 4.76. The van der Waals surface area contributed by atoms with Crippen molar-refractivity contribution in [2.24, 2.45) is 5.92 Å². The first-order valence-corrected chi connectivity index (χ1v) is 7.14. The summed E-state index contributed by atoms with van der Waals surface area (Å²) in [7, 11) is 2.05. The van der Waals surface area contributed by atoms with Gasteiger partial charge in [0.05, 0.1) is 0 Å². The number of likely N-dealkylation sites (N-methyl/N-ethyl adjacent to an activating group) is 1. The first-order chi connectivity index (χ1) is 8.06. The highest BCUT2D eigenvalue weighted by atomic mass is 14.8. The van der Waals surface area contributed by atoms with Gasteiger partial charge in [0, 0.05) is 12.7 Å². The van der Waals surface area contributed by atoms with E-state index in [4.69, 9.17) is 0 Å². The molecule has 0 aromatic heterocycles. The van der Waals surface area contributed by atoms with E-state index in [9.17, 15) is 0 Å². The van der Waals surface area contributed by atoms with Crippen LogP contribution in [0, 0.1) is 5.92 Å². The van der Waals surface area contributed by atoms with Crippen molar-refractivity contribution in [3.05, 3.63) is 22.4 Å². The molecule has 0 unspecified atom stereocenters. The molecular weight excluding hydrogens is 206 g/mol. The van der Waals surface area contributed by atoms with E-state index < -0.39 is 0 Å². The molecule has 0 aromatic rings. The average molecular weight is 237 g/mol. The Morgan fingerprint density at radius 2 is 1.41 bits per heavy atom. The molecule has 0 aliphatic heterocycles. The summed E-state index contributed by atoms with van der Waals surface area (Å²) < 4.78 is 0. The van der Waals surface area contributed by atoms with Crippen LogP contribution >= 0.6 is 0 Å². The number of allylic oxidation sites excluding steroid dienone is 3. The molecule has 0 rings (SSSR count). The zero-order chi connectivity index (χ0) is 13.4. The van der Waals surface area contributed by atoms with Gasteiger partial charge in [-0.1, -0.05) is 33.3 Å². The number of hydrogen-bond donors (Lipinski definition) is 1. The molecule has 0 saturated heterocycles. The fraction of sp³-hybridized carbons (Fsp3) is 0.750. The molecule has 0 spiro atoms. The van der Waals surface area contributed by atoms with Crippen LogP contribution in [-0.4, -0.2) is 7.05 Å². The van der Waals surface area contributed by atoms with E-state index in [0.717, 1.165) is 18.8 Å². The lowest BCUT2D eigenvalue weighted by Gasteiger charge is -2.21. The SMILES string of the molecule is CCC(CC)=C(NC)/C(C)=C(/C)C(CC)CC. The van der Waals surface area contributed by atoms with Crippen molar-refractivity contribution in [3.63, 3.8) is 0 Å². The first-order valence-electron chi connectivity index (χ1n) is 7.14. The number of rotatable bonds is 7. The van der Waals surface area contributed by atoms with E-state index in [-0.39, 0.29) is 0 Å². The van der Waals surface area contributed by atoms with Gasteiger partial charge in [-0.2, -0.15) is 0 Å². The van der Waals surface area contributed by atoms with Gasteiger partial charge in [0.2, 0.25) is 0 Å². The highest BCUT2D eigenvalue weighted by Gasteiger charge is 2.12. The fourth-order valence-electron chi connectivity index (χ4n) is 2.64. The van der Waals surface area contributed by atoms with Crippen LogP contribution in [0.2, 0.25) is 0 Å². The van der Waals surface area contributed by atoms with Crippen LogP contribution in [0.4, 0.5) is 0 Å². The Hall–Kier alpha value is -0.720. The number of nitrogens with one attached hydrogen (secondary N) is 1. The summed E-state index contributed by atoms with van der Waals surface area (Å²) in [5.74, 6) is 0.730. The highest BCUT2D eigenvalue weighted by molar-refractivity contribution is 5.36. The van der Waals surface area contributed by atoms with Crippen molar-refractivity contribution >= 4 is 0 Å².